The van der Waals surface area contributed by atoms with Gasteiger partial charge < -0.3 is 51.2 Å². The molecule has 17 nitrogen and oxygen atoms in total. The van der Waals surface area contributed by atoms with Crippen molar-refractivity contribution in [1.29, 1.82) is 0 Å². The number of methoxy groups -OCH3 is 1. The molecule has 0 aromatic carbocycles. The lowest BCUT2D eigenvalue weighted by Crippen LogP contribution is -2.37. The molecular formula is C20H28N8O9. The third-order valence-corrected chi connectivity index (χ3v) is 6.07. The molecule has 2 aliphatic rings. The van der Waals surface area contributed by atoms with Crippen LogP contribution in [-0.2, 0) is 14.2 Å². The number of rotatable bonds is 5. The second-order valence-electron chi connectivity index (χ2n) is 8.29. The molecule has 8 atom stereocenters. The van der Waals surface area contributed by atoms with Crippen molar-refractivity contribution in [1.82, 2.24) is 29.1 Å². The van der Waals surface area contributed by atoms with Gasteiger partial charge in [-0.05, 0) is 6.07 Å². The minimum atomic E-state index is -1.19. The summed E-state index contributed by atoms with van der Waals surface area (Å²) >= 11 is 0. The molecule has 9 N–H and O–H groups in total. The smallest absolute Gasteiger partial charge is 0.351 e. The van der Waals surface area contributed by atoms with E-state index < -0.39 is 61.4 Å². The van der Waals surface area contributed by atoms with Crippen molar-refractivity contribution in [2.24, 2.45) is 0 Å². The van der Waals surface area contributed by atoms with Gasteiger partial charge in [-0.3, -0.25) is 9.13 Å². The number of aliphatic hydroxyl groups excluding tert-OH is 5. The summed E-state index contributed by atoms with van der Waals surface area (Å²) in [5.41, 5.74) is 11.2. The zero-order chi connectivity index (χ0) is 26.9. The van der Waals surface area contributed by atoms with Crippen molar-refractivity contribution >= 4 is 22.8 Å². The minimum absolute atomic E-state index is 0.0995. The van der Waals surface area contributed by atoms with Crippen LogP contribution in [0.25, 0.3) is 11.2 Å². The van der Waals surface area contributed by atoms with E-state index in [2.05, 4.69) is 19.9 Å². The lowest BCUT2D eigenvalue weighted by atomic mass is 10.1. The van der Waals surface area contributed by atoms with Crippen LogP contribution in [0.4, 0.5) is 11.6 Å². The van der Waals surface area contributed by atoms with Crippen LogP contribution in [-0.4, -0.2) is 112 Å². The summed E-state index contributed by atoms with van der Waals surface area (Å²) < 4.78 is 18.5. The van der Waals surface area contributed by atoms with Gasteiger partial charge in [0.15, 0.2) is 23.9 Å². The van der Waals surface area contributed by atoms with E-state index in [-0.39, 0.29) is 18.2 Å². The maximum Gasteiger partial charge on any atom is 0.351 e. The van der Waals surface area contributed by atoms with Gasteiger partial charge in [0.25, 0.3) is 0 Å². The van der Waals surface area contributed by atoms with Crippen LogP contribution in [0.15, 0.2) is 29.7 Å². The number of imidazole rings is 1. The average molecular weight is 524 g/mol. The van der Waals surface area contributed by atoms with E-state index in [0.717, 1.165) is 0 Å². The van der Waals surface area contributed by atoms with E-state index in [1.807, 2.05) is 0 Å². The summed E-state index contributed by atoms with van der Waals surface area (Å²) in [7, 11) is 1.39. The Morgan fingerprint density at radius 3 is 2.27 bits per heavy atom. The quantitative estimate of drug-likeness (QED) is 0.168. The van der Waals surface area contributed by atoms with Crippen molar-refractivity contribution in [3.8, 4) is 0 Å². The first kappa shape index (κ1) is 26.8. The largest absolute Gasteiger partial charge is 0.394 e. The normalized spacial score (nSPS) is 31.4. The zero-order valence-corrected chi connectivity index (χ0v) is 19.5. The summed E-state index contributed by atoms with van der Waals surface area (Å²) in [5.74, 6) is 0.318. The molecule has 2 fully saturated rings. The number of aliphatic hydroxyl groups is 5. The molecule has 3 aromatic rings. The molecule has 17 heteroatoms. The molecule has 0 radical (unpaired) electrons. The Balaban J connectivity index is 0.000000173. The molecule has 0 bridgehead atoms. The number of nitrogen functional groups attached to an aromatic ring is 2. The van der Waals surface area contributed by atoms with Crippen LogP contribution in [0.2, 0.25) is 0 Å². The number of hydrogen-bond donors (Lipinski definition) is 7. The molecule has 0 unspecified atom stereocenters. The predicted octanol–water partition coefficient (Wildman–Crippen LogP) is -3.89. The standard InChI is InChI=1S/C10H13N5O4.C10H15N3O5/c11-8-5-9(13-2-12-8)15(3-14-5)10-7(18)6(17)4(1-16)19-10;1-17-8-7(15)5(4-14)18-9(8)13-3-2-6(11)12-10(13)16/h2-4,6-7,10,16-18H,1H2,(H2,11,12,13);2-3,5,7-9,14-15H,4H2,1H3,(H2,11,12,16)/t4-,6-,7-,10-;5-,7-,8-,9-/m11/s1. The lowest BCUT2D eigenvalue weighted by Gasteiger charge is -2.20. The van der Waals surface area contributed by atoms with Crippen LogP contribution < -0.4 is 17.2 Å². The molecule has 2 saturated heterocycles. The third-order valence-electron chi connectivity index (χ3n) is 6.07. The first-order valence-corrected chi connectivity index (χ1v) is 11.1. The molecular weight excluding hydrogens is 496 g/mol. The van der Waals surface area contributed by atoms with E-state index in [1.165, 1.54) is 41.2 Å². The Labute approximate surface area is 208 Å². The Hall–Kier alpha value is -3.29. The number of nitrogens with zero attached hydrogens (tertiary/aromatic N) is 6. The van der Waals surface area contributed by atoms with E-state index in [9.17, 15) is 20.1 Å². The topological polar surface area (TPSA) is 259 Å². The van der Waals surface area contributed by atoms with Crippen molar-refractivity contribution < 1.29 is 39.7 Å². The lowest BCUT2D eigenvalue weighted by molar-refractivity contribution is -0.0624. The fraction of sp³-hybridized carbons (Fsp3) is 0.550. The molecule has 5 rings (SSSR count). The highest BCUT2D eigenvalue weighted by Gasteiger charge is 2.45. The van der Waals surface area contributed by atoms with E-state index in [0.29, 0.717) is 11.2 Å². The first-order valence-electron chi connectivity index (χ1n) is 11.1. The average Bonchev–Trinajstić information content (AvgIpc) is 3.54. The summed E-state index contributed by atoms with van der Waals surface area (Å²) in [5, 5.41) is 47.7. The van der Waals surface area contributed by atoms with Crippen molar-refractivity contribution in [2.45, 2.75) is 49.1 Å². The Kier molecular flexibility index (Phi) is 7.95. The SMILES string of the molecule is CO[C@@H]1[C@H](O)[C@@H](CO)O[C@H]1n1ccc(N)nc1=O.Nc1ncnc2c1ncn2[C@@H]1O[C@H](CO)[C@@H](O)[C@H]1O. The Morgan fingerprint density at radius 2 is 1.65 bits per heavy atom. The van der Waals surface area contributed by atoms with E-state index in [1.54, 1.807) is 0 Å². The Morgan fingerprint density at radius 1 is 0.973 bits per heavy atom. The second kappa shape index (κ2) is 11.0. The molecule has 37 heavy (non-hydrogen) atoms. The van der Waals surface area contributed by atoms with Gasteiger partial charge >= 0.3 is 5.69 Å². The van der Waals surface area contributed by atoms with Crippen molar-refractivity contribution in [3.63, 3.8) is 0 Å². The van der Waals surface area contributed by atoms with Crippen LogP contribution in [0, 0.1) is 0 Å². The summed E-state index contributed by atoms with van der Waals surface area (Å²) in [6, 6.07) is 1.44. The molecule has 0 amide bonds. The van der Waals surface area contributed by atoms with Gasteiger partial charge in [0, 0.05) is 13.3 Å². The molecule has 202 valence electrons. The highest BCUT2D eigenvalue weighted by atomic mass is 16.6. The van der Waals surface area contributed by atoms with Gasteiger partial charge in [-0.1, -0.05) is 0 Å². The zero-order valence-electron chi connectivity index (χ0n) is 19.5. The molecule has 0 aliphatic carbocycles. The number of hydrogen-bond acceptors (Lipinski definition) is 15. The van der Waals surface area contributed by atoms with Gasteiger partial charge in [-0.15, -0.1) is 0 Å². The number of ether oxygens (including phenoxy) is 3. The molecule has 0 saturated carbocycles. The van der Waals surface area contributed by atoms with Gasteiger partial charge in [-0.25, -0.2) is 19.7 Å². The second-order valence-corrected chi connectivity index (χ2v) is 8.29. The van der Waals surface area contributed by atoms with Gasteiger partial charge in [0.1, 0.15) is 54.3 Å². The fourth-order valence-electron chi connectivity index (χ4n) is 4.13. The maximum atomic E-state index is 11.7. The number of aromatic nitrogens is 6. The summed E-state index contributed by atoms with van der Waals surface area (Å²) in [6.07, 6.45) is -3.44. The first-order chi connectivity index (χ1) is 17.7. The van der Waals surface area contributed by atoms with Gasteiger partial charge in [0.05, 0.1) is 19.5 Å². The number of anilines is 2. The van der Waals surface area contributed by atoms with Crippen LogP contribution >= 0.6 is 0 Å². The maximum absolute atomic E-state index is 11.7. The highest BCUT2D eigenvalue weighted by Crippen LogP contribution is 2.32. The fourth-order valence-corrected chi connectivity index (χ4v) is 4.13. The summed E-state index contributed by atoms with van der Waals surface area (Å²) in [4.78, 5) is 27.1. The van der Waals surface area contributed by atoms with E-state index in [4.69, 9.17) is 35.9 Å². The number of nitrogens with two attached hydrogens (primary N) is 2. The Bertz CT molecular complexity index is 1270. The van der Waals surface area contributed by atoms with Crippen LogP contribution in [0.3, 0.4) is 0 Å². The monoisotopic (exact) mass is 524 g/mol. The molecule has 0 spiro atoms. The minimum Gasteiger partial charge on any atom is -0.394 e. The third kappa shape index (κ3) is 4.98. The van der Waals surface area contributed by atoms with E-state index >= 15 is 0 Å². The molecule has 2 aliphatic heterocycles. The molecule has 3 aromatic heterocycles. The summed E-state index contributed by atoms with van der Waals surface area (Å²) in [6.45, 7) is -0.757. The van der Waals surface area contributed by atoms with Gasteiger partial charge in [0.2, 0.25) is 0 Å². The van der Waals surface area contributed by atoms with Crippen molar-refractivity contribution in [2.75, 3.05) is 31.8 Å². The molecule has 5 heterocycles. The van der Waals surface area contributed by atoms with Crippen molar-refractivity contribution in [3.05, 3.63) is 35.4 Å². The van der Waals surface area contributed by atoms with Crippen LogP contribution in [0.5, 0.6) is 0 Å². The van der Waals surface area contributed by atoms with Gasteiger partial charge in [-0.2, -0.15) is 4.98 Å². The predicted molar refractivity (Wildman–Crippen MR) is 123 cm³/mol. The highest BCUT2D eigenvalue weighted by molar-refractivity contribution is 5.81. The van der Waals surface area contributed by atoms with Crippen LogP contribution in [0.1, 0.15) is 12.5 Å². The number of fused-ring (bicyclic) bond motifs is 1.